The number of halogens is 1. The molecule has 9 nitrogen and oxygen atoms in total. The molecule has 0 saturated carbocycles. The summed E-state index contributed by atoms with van der Waals surface area (Å²) in [6.45, 7) is 3.06. The highest BCUT2D eigenvalue weighted by atomic mass is 35.5. The number of carbonyl (C=O) groups is 2. The lowest BCUT2D eigenvalue weighted by molar-refractivity contribution is -0.119. The number of nitrogens with one attached hydrogen (secondary N) is 1. The van der Waals surface area contributed by atoms with Crippen molar-refractivity contribution in [1.82, 2.24) is 4.31 Å². The highest BCUT2D eigenvalue weighted by molar-refractivity contribution is 7.89. The average Bonchev–Trinajstić information content (AvgIpc) is 2.83. The van der Waals surface area contributed by atoms with Crippen molar-refractivity contribution in [2.75, 3.05) is 44.8 Å². The molecule has 1 N–H and O–H groups in total. The predicted molar refractivity (Wildman–Crippen MR) is 122 cm³/mol. The molecule has 2 aromatic rings. The molecule has 1 fully saturated rings. The Balaban J connectivity index is 1.59. The highest BCUT2D eigenvalue weighted by Crippen LogP contribution is 2.28. The zero-order valence-electron chi connectivity index (χ0n) is 18.1. The van der Waals surface area contributed by atoms with Gasteiger partial charge in [0.2, 0.25) is 10.0 Å². The van der Waals surface area contributed by atoms with Crippen LogP contribution in [0.4, 0.5) is 5.69 Å². The molecule has 1 aliphatic heterocycles. The Morgan fingerprint density at radius 1 is 1.12 bits per heavy atom. The Bertz CT molecular complexity index is 1080. The van der Waals surface area contributed by atoms with Crippen molar-refractivity contribution in [1.29, 1.82) is 0 Å². The summed E-state index contributed by atoms with van der Waals surface area (Å²) in [4.78, 5) is 24.3. The van der Waals surface area contributed by atoms with Crippen molar-refractivity contribution in [2.45, 2.75) is 18.2 Å². The fraction of sp³-hybridized carbons (Fsp3) is 0.364. The van der Waals surface area contributed by atoms with Gasteiger partial charge in [0.25, 0.3) is 5.91 Å². The first kappa shape index (κ1) is 25.0. The van der Waals surface area contributed by atoms with E-state index in [-0.39, 0.29) is 34.3 Å². The number of carbonyl (C=O) groups excluding carboxylic acids is 2. The molecular formula is C22H25ClN2O7S. The van der Waals surface area contributed by atoms with Crippen molar-refractivity contribution in [3.8, 4) is 5.75 Å². The zero-order valence-corrected chi connectivity index (χ0v) is 19.7. The molecule has 3 rings (SSSR count). The number of hydrogen-bond acceptors (Lipinski definition) is 7. The molecule has 178 valence electrons. The Hall–Kier alpha value is -2.66. The first-order valence-electron chi connectivity index (χ1n) is 10.4. The van der Waals surface area contributed by atoms with Crippen LogP contribution in [0.25, 0.3) is 0 Å². The minimum atomic E-state index is -3.85. The SMILES string of the molecule is CCCOc1ccc(C(=O)OCC(=O)Nc2ccc(Cl)c(S(=O)(=O)N3CCOCC3)c2)cc1. The second kappa shape index (κ2) is 11.5. The lowest BCUT2D eigenvalue weighted by Gasteiger charge is -2.26. The van der Waals surface area contributed by atoms with E-state index < -0.39 is 28.5 Å². The number of sulfonamides is 1. The van der Waals surface area contributed by atoms with Crippen LogP contribution in [-0.2, 0) is 24.3 Å². The molecule has 0 aliphatic carbocycles. The van der Waals surface area contributed by atoms with Crippen LogP contribution in [0.2, 0.25) is 5.02 Å². The summed E-state index contributed by atoms with van der Waals surface area (Å²) >= 11 is 6.12. The maximum atomic E-state index is 12.9. The third kappa shape index (κ3) is 6.67. The van der Waals surface area contributed by atoms with Gasteiger partial charge in [-0.3, -0.25) is 4.79 Å². The summed E-state index contributed by atoms with van der Waals surface area (Å²) in [5.74, 6) is -0.654. The number of nitrogens with zero attached hydrogens (tertiary/aromatic N) is 1. The molecule has 0 spiro atoms. The molecule has 0 aromatic heterocycles. The largest absolute Gasteiger partial charge is 0.494 e. The molecule has 1 aliphatic rings. The lowest BCUT2D eigenvalue weighted by Crippen LogP contribution is -2.40. The highest BCUT2D eigenvalue weighted by Gasteiger charge is 2.28. The second-order valence-electron chi connectivity index (χ2n) is 7.16. The van der Waals surface area contributed by atoms with E-state index in [1.807, 2.05) is 6.92 Å². The zero-order chi connectivity index (χ0) is 23.8. The standard InChI is InChI=1S/C22H25ClN2O7S/c1-2-11-31-18-6-3-16(4-7-18)22(27)32-15-21(26)24-17-5-8-19(23)20(14-17)33(28,29)25-9-12-30-13-10-25/h3-8,14H,2,9-13,15H2,1H3,(H,24,26). The van der Waals surface area contributed by atoms with Gasteiger partial charge in [-0.25, -0.2) is 13.2 Å². The summed E-state index contributed by atoms with van der Waals surface area (Å²) in [5, 5.41) is 2.56. The molecule has 1 heterocycles. The Kier molecular flexibility index (Phi) is 8.67. The number of anilines is 1. The van der Waals surface area contributed by atoms with Crippen molar-refractivity contribution in [2.24, 2.45) is 0 Å². The predicted octanol–water partition coefficient (Wildman–Crippen LogP) is 2.95. The van der Waals surface area contributed by atoms with E-state index in [2.05, 4.69) is 5.32 Å². The number of morpholine rings is 1. The van der Waals surface area contributed by atoms with Gasteiger partial charge in [-0.05, 0) is 48.9 Å². The lowest BCUT2D eigenvalue weighted by atomic mass is 10.2. The van der Waals surface area contributed by atoms with Crippen molar-refractivity contribution < 1.29 is 32.2 Å². The smallest absolute Gasteiger partial charge is 0.338 e. The normalized spacial score (nSPS) is 14.5. The molecule has 0 atom stereocenters. The van der Waals surface area contributed by atoms with E-state index in [0.29, 0.717) is 25.6 Å². The summed E-state index contributed by atoms with van der Waals surface area (Å²) in [7, 11) is -3.85. The second-order valence-corrected chi connectivity index (χ2v) is 9.47. The first-order valence-corrected chi connectivity index (χ1v) is 12.2. The number of rotatable bonds is 9. The maximum absolute atomic E-state index is 12.9. The van der Waals surface area contributed by atoms with Gasteiger partial charge >= 0.3 is 5.97 Å². The van der Waals surface area contributed by atoms with Crippen LogP contribution in [-0.4, -0.2) is 64.1 Å². The molecular weight excluding hydrogens is 472 g/mol. The van der Waals surface area contributed by atoms with Crippen LogP contribution in [0.15, 0.2) is 47.4 Å². The van der Waals surface area contributed by atoms with Crippen molar-refractivity contribution in [3.63, 3.8) is 0 Å². The average molecular weight is 497 g/mol. The minimum Gasteiger partial charge on any atom is -0.494 e. The topological polar surface area (TPSA) is 111 Å². The molecule has 0 bridgehead atoms. The van der Waals surface area contributed by atoms with Gasteiger partial charge in [-0.15, -0.1) is 0 Å². The maximum Gasteiger partial charge on any atom is 0.338 e. The van der Waals surface area contributed by atoms with Crippen LogP contribution in [0.5, 0.6) is 5.75 Å². The molecule has 0 radical (unpaired) electrons. The van der Waals surface area contributed by atoms with Crippen LogP contribution < -0.4 is 10.1 Å². The van der Waals surface area contributed by atoms with E-state index in [0.717, 1.165) is 6.42 Å². The van der Waals surface area contributed by atoms with E-state index in [1.165, 1.54) is 22.5 Å². The Morgan fingerprint density at radius 3 is 2.48 bits per heavy atom. The Morgan fingerprint density at radius 2 is 1.82 bits per heavy atom. The Labute approximate surface area is 197 Å². The fourth-order valence-corrected chi connectivity index (χ4v) is 4.93. The van der Waals surface area contributed by atoms with Gasteiger partial charge in [0, 0.05) is 18.8 Å². The third-order valence-corrected chi connectivity index (χ3v) is 7.08. The van der Waals surface area contributed by atoms with E-state index in [4.69, 9.17) is 25.8 Å². The fourth-order valence-electron chi connectivity index (χ4n) is 3.02. The van der Waals surface area contributed by atoms with E-state index >= 15 is 0 Å². The number of benzene rings is 2. The number of hydrogen-bond donors (Lipinski definition) is 1. The quantitative estimate of drug-likeness (QED) is 0.531. The van der Waals surface area contributed by atoms with Crippen molar-refractivity contribution in [3.05, 3.63) is 53.1 Å². The van der Waals surface area contributed by atoms with Crippen LogP contribution in [0.1, 0.15) is 23.7 Å². The van der Waals surface area contributed by atoms with Gasteiger partial charge in [0.15, 0.2) is 6.61 Å². The van der Waals surface area contributed by atoms with Crippen molar-refractivity contribution >= 4 is 39.2 Å². The number of ether oxygens (including phenoxy) is 3. The molecule has 1 amide bonds. The first-order chi connectivity index (χ1) is 15.8. The van der Waals surface area contributed by atoms with Gasteiger partial charge in [-0.1, -0.05) is 18.5 Å². The monoisotopic (exact) mass is 496 g/mol. The summed E-state index contributed by atoms with van der Waals surface area (Å²) < 4.78 is 42.8. The van der Waals surface area contributed by atoms with Crippen LogP contribution >= 0.6 is 11.6 Å². The summed E-state index contributed by atoms with van der Waals surface area (Å²) in [6, 6.07) is 10.5. The summed E-state index contributed by atoms with van der Waals surface area (Å²) in [6.07, 6.45) is 0.868. The minimum absolute atomic E-state index is 0.0391. The van der Waals surface area contributed by atoms with E-state index in [9.17, 15) is 18.0 Å². The van der Waals surface area contributed by atoms with Gasteiger partial charge in [-0.2, -0.15) is 4.31 Å². The van der Waals surface area contributed by atoms with Gasteiger partial charge in [0.1, 0.15) is 10.6 Å². The summed E-state index contributed by atoms with van der Waals surface area (Å²) in [5.41, 5.74) is 0.488. The molecule has 11 heteroatoms. The van der Waals surface area contributed by atoms with Crippen LogP contribution in [0, 0.1) is 0 Å². The molecule has 0 unspecified atom stereocenters. The molecule has 33 heavy (non-hydrogen) atoms. The molecule has 1 saturated heterocycles. The van der Waals surface area contributed by atoms with Gasteiger partial charge in [0.05, 0.1) is 30.4 Å². The van der Waals surface area contributed by atoms with Crippen LogP contribution in [0.3, 0.4) is 0 Å². The number of esters is 1. The molecule has 2 aromatic carbocycles. The van der Waals surface area contributed by atoms with Gasteiger partial charge < -0.3 is 19.5 Å². The van der Waals surface area contributed by atoms with E-state index in [1.54, 1.807) is 24.3 Å². The number of amides is 1. The third-order valence-electron chi connectivity index (χ3n) is 4.70.